The van der Waals surface area contributed by atoms with Crippen LogP contribution in [-0.2, 0) is 4.74 Å². The van der Waals surface area contributed by atoms with Gasteiger partial charge >= 0.3 is 5.97 Å². The SMILES string of the molecule is COC(=O)c1cc(N2CC2)nc(Cl)n1. The number of nitrogens with zero attached hydrogens (tertiary/aromatic N) is 3. The molecule has 0 N–H and O–H groups in total. The number of carbonyl (C=O) groups is 1. The third kappa shape index (κ3) is 1.77. The highest BCUT2D eigenvalue weighted by atomic mass is 35.5. The van der Waals surface area contributed by atoms with Gasteiger partial charge in [-0.15, -0.1) is 0 Å². The van der Waals surface area contributed by atoms with E-state index in [1.807, 2.05) is 4.90 Å². The van der Waals surface area contributed by atoms with Crippen LogP contribution in [0.1, 0.15) is 10.5 Å². The smallest absolute Gasteiger partial charge is 0.356 e. The molecule has 2 rings (SSSR count). The predicted molar refractivity (Wildman–Crippen MR) is 50.6 cm³/mol. The number of aromatic nitrogens is 2. The van der Waals surface area contributed by atoms with Crippen molar-refractivity contribution in [2.24, 2.45) is 0 Å². The van der Waals surface area contributed by atoms with Gasteiger partial charge in [0.1, 0.15) is 5.82 Å². The van der Waals surface area contributed by atoms with Crippen molar-refractivity contribution >= 4 is 23.4 Å². The summed E-state index contributed by atoms with van der Waals surface area (Å²) in [5.41, 5.74) is 0.189. The highest BCUT2D eigenvalue weighted by Crippen LogP contribution is 2.20. The van der Waals surface area contributed by atoms with Gasteiger partial charge in [0.05, 0.1) is 7.11 Å². The lowest BCUT2D eigenvalue weighted by Crippen LogP contribution is -2.07. The Morgan fingerprint density at radius 3 is 2.86 bits per heavy atom. The maximum atomic E-state index is 11.2. The van der Waals surface area contributed by atoms with E-state index < -0.39 is 5.97 Å². The molecule has 5 nitrogen and oxygen atoms in total. The van der Waals surface area contributed by atoms with Crippen LogP contribution in [0.15, 0.2) is 6.07 Å². The second-order valence-corrected chi connectivity index (χ2v) is 3.20. The third-order valence-corrected chi connectivity index (χ3v) is 2.02. The molecule has 1 aromatic rings. The molecule has 0 amide bonds. The number of halogens is 1. The lowest BCUT2D eigenvalue weighted by atomic mass is 10.4. The average Bonchev–Trinajstić information content (AvgIpc) is 2.98. The molecule has 0 radical (unpaired) electrons. The van der Waals surface area contributed by atoms with Gasteiger partial charge < -0.3 is 9.64 Å². The first kappa shape index (κ1) is 9.21. The van der Waals surface area contributed by atoms with Crippen molar-refractivity contribution in [3.8, 4) is 0 Å². The van der Waals surface area contributed by atoms with Crippen molar-refractivity contribution in [3.63, 3.8) is 0 Å². The summed E-state index contributed by atoms with van der Waals surface area (Å²) in [6.07, 6.45) is 0. The van der Waals surface area contributed by atoms with Crippen LogP contribution in [0.4, 0.5) is 5.82 Å². The average molecular weight is 214 g/mol. The minimum absolute atomic E-state index is 0.0646. The lowest BCUT2D eigenvalue weighted by Gasteiger charge is -2.03. The molecular formula is C8H8ClN3O2. The zero-order chi connectivity index (χ0) is 10.1. The van der Waals surface area contributed by atoms with E-state index >= 15 is 0 Å². The molecule has 74 valence electrons. The summed E-state index contributed by atoms with van der Waals surface area (Å²) in [5, 5.41) is 0.0646. The largest absolute Gasteiger partial charge is 0.464 e. The number of anilines is 1. The summed E-state index contributed by atoms with van der Waals surface area (Å²) in [6, 6.07) is 1.57. The van der Waals surface area contributed by atoms with Crippen LogP contribution in [-0.4, -0.2) is 36.1 Å². The Bertz CT molecular complexity index is 379. The molecule has 0 spiro atoms. The van der Waals surface area contributed by atoms with Crippen molar-refractivity contribution in [1.82, 2.24) is 9.97 Å². The molecule has 2 heterocycles. The van der Waals surface area contributed by atoms with Gasteiger partial charge in [-0.25, -0.2) is 14.8 Å². The number of ether oxygens (including phenoxy) is 1. The Labute approximate surface area is 85.7 Å². The molecule has 14 heavy (non-hydrogen) atoms. The van der Waals surface area contributed by atoms with Gasteiger partial charge in [-0.1, -0.05) is 0 Å². The molecule has 0 unspecified atom stereocenters. The van der Waals surface area contributed by atoms with E-state index in [1.54, 1.807) is 6.07 Å². The summed E-state index contributed by atoms with van der Waals surface area (Å²) >= 11 is 5.67. The maximum absolute atomic E-state index is 11.2. The van der Waals surface area contributed by atoms with Crippen molar-refractivity contribution < 1.29 is 9.53 Å². The van der Waals surface area contributed by atoms with Crippen LogP contribution in [0.5, 0.6) is 0 Å². The zero-order valence-electron chi connectivity index (χ0n) is 7.53. The number of methoxy groups -OCH3 is 1. The predicted octanol–water partition coefficient (Wildman–Crippen LogP) is 0.737. The minimum atomic E-state index is -0.502. The van der Waals surface area contributed by atoms with Crippen molar-refractivity contribution in [1.29, 1.82) is 0 Å². The summed E-state index contributed by atoms with van der Waals surface area (Å²) in [6.45, 7) is 1.88. The van der Waals surface area contributed by atoms with E-state index in [2.05, 4.69) is 14.7 Å². The second-order valence-electron chi connectivity index (χ2n) is 2.86. The van der Waals surface area contributed by atoms with E-state index in [0.29, 0.717) is 5.82 Å². The standard InChI is InChI=1S/C8H8ClN3O2/c1-14-7(13)5-4-6(12-2-3-12)11-8(9)10-5/h4H,2-3H2,1H3. The molecule has 0 atom stereocenters. The van der Waals surface area contributed by atoms with E-state index in [4.69, 9.17) is 11.6 Å². The highest BCUT2D eigenvalue weighted by molar-refractivity contribution is 6.28. The molecular weight excluding hydrogens is 206 g/mol. The summed E-state index contributed by atoms with van der Waals surface area (Å²) in [5.74, 6) is 0.169. The van der Waals surface area contributed by atoms with Crippen LogP contribution in [0.25, 0.3) is 0 Å². The molecule has 1 aromatic heterocycles. The number of hydrogen-bond acceptors (Lipinski definition) is 5. The lowest BCUT2D eigenvalue weighted by molar-refractivity contribution is 0.0594. The molecule has 1 fully saturated rings. The Morgan fingerprint density at radius 1 is 1.57 bits per heavy atom. The fourth-order valence-electron chi connectivity index (χ4n) is 1.06. The van der Waals surface area contributed by atoms with Gasteiger partial charge in [0.25, 0.3) is 0 Å². The third-order valence-electron chi connectivity index (χ3n) is 1.85. The van der Waals surface area contributed by atoms with Crippen LogP contribution >= 0.6 is 11.6 Å². The van der Waals surface area contributed by atoms with Crippen molar-refractivity contribution in [2.75, 3.05) is 25.1 Å². The number of hydrogen-bond donors (Lipinski definition) is 0. The zero-order valence-corrected chi connectivity index (χ0v) is 8.28. The van der Waals surface area contributed by atoms with Crippen LogP contribution in [0.2, 0.25) is 5.28 Å². The first-order valence-corrected chi connectivity index (χ1v) is 4.46. The Hall–Kier alpha value is -1.36. The first-order valence-electron chi connectivity index (χ1n) is 4.08. The van der Waals surface area contributed by atoms with E-state index in [9.17, 15) is 4.79 Å². The van der Waals surface area contributed by atoms with E-state index in [-0.39, 0.29) is 11.0 Å². The number of rotatable bonds is 2. The normalized spacial score (nSPS) is 14.0. The van der Waals surface area contributed by atoms with Crippen LogP contribution in [0.3, 0.4) is 0 Å². The van der Waals surface area contributed by atoms with Gasteiger partial charge in [-0.05, 0) is 11.6 Å². The van der Waals surface area contributed by atoms with Crippen molar-refractivity contribution in [2.45, 2.75) is 0 Å². The quantitative estimate of drug-likeness (QED) is 0.412. The molecule has 1 aliphatic rings. The fourth-order valence-corrected chi connectivity index (χ4v) is 1.23. The van der Waals surface area contributed by atoms with E-state index in [0.717, 1.165) is 13.1 Å². The highest BCUT2D eigenvalue weighted by Gasteiger charge is 2.22. The molecule has 0 saturated carbocycles. The van der Waals surface area contributed by atoms with Gasteiger partial charge in [0.15, 0.2) is 5.69 Å². The number of esters is 1. The molecule has 0 aromatic carbocycles. The van der Waals surface area contributed by atoms with Crippen LogP contribution in [0, 0.1) is 0 Å². The monoisotopic (exact) mass is 213 g/mol. The Morgan fingerprint density at radius 2 is 2.29 bits per heavy atom. The summed E-state index contributed by atoms with van der Waals surface area (Å²) in [7, 11) is 1.30. The number of carbonyl (C=O) groups excluding carboxylic acids is 1. The van der Waals surface area contributed by atoms with E-state index in [1.165, 1.54) is 7.11 Å². The summed E-state index contributed by atoms with van der Waals surface area (Å²) < 4.78 is 4.54. The topological polar surface area (TPSA) is 55.1 Å². The van der Waals surface area contributed by atoms with Crippen LogP contribution < -0.4 is 4.90 Å². The maximum Gasteiger partial charge on any atom is 0.356 e. The molecule has 1 saturated heterocycles. The van der Waals surface area contributed by atoms with Gasteiger partial charge in [0, 0.05) is 19.2 Å². The van der Waals surface area contributed by atoms with Gasteiger partial charge in [-0.3, -0.25) is 0 Å². The first-order chi connectivity index (χ1) is 6.70. The molecule has 6 heteroatoms. The van der Waals surface area contributed by atoms with Crippen molar-refractivity contribution in [3.05, 3.63) is 17.0 Å². The van der Waals surface area contributed by atoms with Gasteiger partial charge in [0.2, 0.25) is 5.28 Å². The minimum Gasteiger partial charge on any atom is -0.464 e. The Balaban J connectivity index is 2.35. The Kier molecular flexibility index (Phi) is 2.25. The van der Waals surface area contributed by atoms with Gasteiger partial charge in [-0.2, -0.15) is 0 Å². The molecule has 1 aliphatic heterocycles. The second kappa shape index (κ2) is 3.42. The fraction of sp³-hybridized carbons (Fsp3) is 0.375. The summed E-state index contributed by atoms with van der Waals surface area (Å²) in [4.78, 5) is 20.9. The molecule has 0 aliphatic carbocycles. The molecule has 0 bridgehead atoms.